The number of hydrogen-bond donors (Lipinski definition) is 1. The van der Waals surface area contributed by atoms with Gasteiger partial charge < -0.3 is 15.1 Å². The molecule has 0 bridgehead atoms. The largest absolute Gasteiger partial charge is 0.340 e. The Morgan fingerprint density at radius 2 is 1.35 bits per heavy atom. The lowest BCUT2D eigenvalue weighted by molar-refractivity contribution is -0.135. The SMILES string of the molecule is Cc1ccc(C(=O)NC(C(=O)N2CCN(C(=O)c3ccc(Cl)cc3)CC2)C(C)C)cc1. The number of nitrogens with one attached hydrogen (secondary N) is 1. The van der Waals surface area contributed by atoms with Crippen molar-refractivity contribution in [3.8, 4) is 0 Å². The molecule has 7 heteroatoms. The van der Waals surface area contributed by atoms with Gasteiger partial charge in [-0.1, -0.05) is 43.1 Å². The van der Waals surface area contributed by atoms with Crippen LogP contribution in [0.3, 0.4) is 0 Å². The molecule has 1 atom stereocenters. The van der Waals surface area contributed by atoms with E-state index in [-0.39, 0.29) is 23.6 Å². The van der Waals surface area contributed by atoms with Crippen molar-refractivity contribution in [2.75, 3.05) is 26.2 Å². The van der Waals surface area contributed by atoms with Gasteiger partial charge in [0.15, 0.2) is 0 Å². The molecular formula is C24H28ClN3O3. The minimum absolute atomic E-state index is 0.0596. The summed E-state index contributed by atoms with van der Waals surface area (Å²) in [7, 11) is 0. The Morgan fingerprint density at radius 3 is 1.90 bits per heavy atom. The Morgan fingerprint density at radius 1 is 0.839 bits per heavy atom. The minimum atomic E-state index is -0.618. The molecule has 0 aromatic heterocycles. The zero-order valence-electron chi connectivity index (χ0n) is 18.1. The predicted octanol–water partition coefficient (Wildman–Crippen LogP) is 3.39. The molecule has 3 amide bonds. The van der Waals surface area contributed by atoms with E-state index >= 15 is 0 Å². The van der Waals surface area contributed by atoms with Crippen LogP contribution < -0.4 is 5.32 Å². The molecule has 31 heavy (non-hydrogen) atoms. The molecule has 3 rings (SSSR count). The quantitative estimate of drug-likeness (QED) is 0.773. The van der Waals surface area contributed by atoms with Gasteiger partial charge in [-0.05, 0) is 49.2 Å². The molecular weight excluding hydrogens is 414 g/mol. The Bertz CT molecular complexity index is 934. The summed E-state index contributed by atoms with van der Waals surface area (Å²) in [5, 5.41) is 3.47. The molecule has 0 saturated carbocycles. The molecule has 0 aliphatic carbocycles. The van der Waals surface area contributed by atoms with Crippen molar-refractivity contribution in [3.05, 3.63) is 70.2 Å². The lowest BCUT2D eigenvalue weighted by Crippen LogP contribution is -2.57. The summed E-state index contributed by atoms with van der Waals surface area (Å²) in [6.45, 7) is 7.55. The molecule has 1 fully saturated rings. The average molecular weight is 442 g/mol. The minimum Gasteiger partial charge on any atom is -0.340 e. The van der Waals surface area contributed by atoms with Crippen molar-refractivity contribution < 1.29 is 14.4 Å². The monoisotopic (exact) mass is 441 g/mol. The number of nitrogens with zero attached hydrogens (tertiary/aromatic N) is 2. The van der Waals surface area contributed by atoms with Gasteiger partial charge in [0.25, 0.3) is 11.8 Å². The van der Waals surface area contributed by atoms with E-state index in [0.29, 0.717) is 42.3 Å². The number of aryl methyl sites for hydroxylation is 1. The zero-order chi connectivity index (χ0) is 22.5. The third kappa shape index (κ3) is 5.64. The number of carbonyl (C=O) groups excluding carboxylic acids is 3. The summed E-state index contributed by atoms with van der Waals surface area (Å²) in [5.41, 5.74) is 2.18. The van der Waals surface area contributed by atoms with Crippen molar-refractivity contribution in [3.63, 3.8) is 0 Å². The Hall–Kier alpha value is -2.86. The standard InChI is InChI=1S/C24H28ClN3O3/c1-16(2)21(26-22(29)18-6-4-17(3)5-7-18)24(31)28-14-12-27(13-15-28)23(30)19-8-10-20(25)11-9-19/h4-11,16,21H,12-15H2,1-3H3,(H,26,29). The number of carbonyl (C=O) groups is 3. The van der Waals surface area contributed by atoms with Gasteiger partial charge in [-0.25, -0.2) is 0 Å². The summed E-state index contributed by atoms with van der Waals surface area (Å²) >= 11 is 5.89. The van der Waals surface area contributed by atoms with E-state index in [2.05, 4.69) is 5.32 Å². The third-order valence-electron chi connectivity index (χ3n) is 5.50. The molecule has 1 aliphatic heterocycles. The third-order valence-corrected chi connectivity index (χ3v) is 5.75. The van der Waals surface area contributed by atoms with Crippen molar-refractivity contribution in [1.29, 1.82) is 0 Å². The number of benzene rings is 2. The number of halogens is 1. The highest BCUT2D eigenvalue weighted by Crippen LogP contribution is 2.15. The Balaban J connectivity index is 1.60. The number of rotatable bonds is 5. The van der Waals surface area contributed by atoms with Crippen LogP contribution >= 0.6 is 11.6 Å². The van der Waals surface area contributed by atoms with Crippen LogP contribution in [0, 0.1) is 12.8 Å². The molecule has 0 radical (unpaired) electrons. The van der Waals surface area contributed by atoms with E-state index in [1.54, 1.807) is 46.2 Å². The highest BCUT2D eigenvalue weighted by atomic mass is 35.5. The van der Waals surface area contributed by atoms with Crippen LogP contribution in [0.4, 0.5) is 0 Å². The summed E-state index contributed by atoms with van der Waals surface area (Å²) in [4.78, 5) is 41.9. The van der Waals surface area contributed by atoms with E-state index in [1.807, 2.05) is 32.9 Å². The fourth-order valence-electron chi connectivity index (χ4n) is 3.54. The van der Waals surface area contributed by atoms with Crippen LogP contribution in [0.1, 0.15) is 40.1 Å². The molecule has 1 saturated heterocycles. The van der Waals surface area contributed by atoms with Gasteiger partial charge in [0.1, 0.15) is 6.04 Å². The molecule has 1 N–H and O–H groups in total. The van der Waals surface area contributed by atoms with Crippen molar-refractivity contribution >= 4 is 29.3 Å². The number of amides is 3. The first kappa shape index (κ1) is 22.8. The van der Waals surface area contributed by atoms with Gasteiger partial charge in [0.2, 0.25) is 5.91 Å². The smallest absolute Gasteiger partial charge is 0.253 e. The number of hydrogen-bond acceptors (Lipinski definition) is 3. The van der Waals surface area contributed by atoms with E-state index in [4.69, 9.17) is 11.6 Å². The number of piperazine rings is 1. The van der Waals surface area contributed by atoms with Crippen LogP contribution in [-0.4, -0.2) is 59.7 Å². The first-order valence-electron chi connectivity index (χ1n) is 10.5. The van der Waals surface area contributed by atoms with Crippen LogP contribution in [0.2, 0.25) is 5.02 Å². The van der Waals surface area contributed by atoms with Gasteiger partial charge in [-0.15, -0.1) is 0 Å². The molecule has 1 unspecified atom stereocenters. The lowest BCUT2D eigenvalue weighted by atomic mass is 10.0. The van der Waals surface area contributed by atoms with Crippen molar-refractivity contribution in [1.82, 2.24) is 15.1 Å². The van der Waals surface area contributed by atoms with Gasteiger partial charge in [0, 0.05) is 42.3 Å². The molecule has 2 aromatic carbocycles. The second kappa shape index (κ2) is 9.96. The maximum atomic E-state index is 13.1. The molecule has 1 aliphatic rings. The van der Waals surface area contributed by atoms with E-state index in [1.165, 1.54) is 0 Å². The first-order chi connectivity index (χ1) is 14.8. The first-order valence-corrected chi connectivity index (χ1v) is 10.8. The maximum Gasteiger partial charge on any atom is 0.253 e. The predicted molar refractivity (Wildman–Crippen MR) is 121 cm³/mol. The summed E-state index contributed by atoms with van der Waals surface area (Å²) in [5.74, 6) is -0.509. The normalized spacial score (nSPS) is 15.0. The molecule has 164 valence electrons. The second-order valence-corrected chi connectivity index (χ2v) is 8.62. The Labute approximate surface area is 188 Å². The topological polar surface area (TPSA) is 69.7 Å². The van der Waals surface area contributed by atoms with Crippen LogP contribution in [-0.2, 0) is 4.79 Å². The average Bonchev–Trinajstić information content (AvgIpc) is 2.77. The van der Waals surface area contributed by atoms with Crippen LogP contribution in [0.5, 0.6) is 0 Å². The van der Waals surface area contributed by atoms with Gasteiger partial charge in [-0.3, -0.25) is 14.4 Å². The summed E-state index contributed by atoms with van der Waals surface area (Å²) in [6.07, 6.45) is 0. The zero-order valence-corrected chi connectivity index (χ0v) is 18.9. The van der Waals surface area contributed by atoms with Gasteiger partial charge in [0.05, 0.1) is 0 Å². The van der Waals surface area contributed by atoms with E-state index < -0.39 is 6.04 Å². The molecule has 6 nitrogen and oxygen atoms in total. The summed E-state index contributed by atoms with van der Waals surface area (Å²) in [6, 6.07) is 13.4. The fraction of sp³-hybridized carbons (Fsp3) is 0.375. The molecule has 0 spiro atoms. The second-order valence-electron chi connectivity index (χ2n) is 8.19. The lowest BCUT2D eigenvalue weighted by Gasteiger charge is -2.37. The van der Waals surface area contributed by atoms with E-state index in [9.17, 15) is 14.4 Å². The highest BCUT2D eigenvalue weighted by Gasteiger charge is 2.32. The molecule has 2 aromatic rings. The van der Waals surface area contributed by atoms with Gasteiger partial charge in [-0.2, -0.15) is 0 Å². The fourth-order valence-corrected chi connectivity index (χ4v) is 3.67. The van der Waals surface area contributed by atoms with Crippen molar-refractivity contribution in [2.45, 2.75) is 26.8 Å². The highest BCUT2D eigenvalue weighted by molar-refractivity contribution is 6.30. The molecule has 1 heterocycles. The Kier molecular flexibility index (Phi) is 7.33. The van der Waals surface area contributed by atoms with Crippen molar-refractivity contribution in [2.24, 2.45) is 5.92 Å². The van der Waals surface area contributed by atoms with Gasteiger partial charge >= 0.3 is 0 Å². The maximum absolute atomic E-state index is 13.1. The van der Waals surface area contributed by atoms with Crippen LogP contribution in [0.15, 0.2) is 48.5 Å². The van der Waals surface area contributed by atoms with E-state index in [0.717, 1.165) is 5.56 Å². The van der Waals surface area contributed by atoms with Crippen LogP contribution in [0.25, 0.3) is 0 Å². The summed E-state index contributed by atoms with van der Waals surface area (Å²) < 4.78 is 0.